The number of hydrogen-bond donors (Lipinski definition) is 1. The second-order valence-corrected chi connectivity index (χ2v) is 4.95. The van der Waals surface area contributed by atoms with Gasteiger partial charge in [0.1, 0.15) is 0 Å². The number of hydrogen-bond acceptors (Lipinski definition) is 3. The molecule has 0 saturated heterocycles. The Morgan fingerprint density at radius 1 is 1.44 bits per heavy atom. The van der Waals surface area contributed by atoms with Gasteiger partial charge in [0.25, 0.3) is 0 Å². The number of nitrogens with two attached hydrogens (primary N) is 1. The van der Waals surface area contributed by atoms with Crippen molar-refractivity contribution < 1.29 is 9.13 Å². The largest absolute Gasteiger partial charge is 0.494 e. The average Bonchev–Trinajstić information content (AvgIpc) is 2.37. The van der Waals surface area contributed by atoms with Crippen molar-refractivity contribution in [3.63, 3.8) is 0 Å². The van der Waals surface area contributed by atoms with Crippen LogP contribution in [-0.4, -0.2) is 31.6 Å². The number of likely N-dealkylation sites (N-methyl/N-ethyl adjacent to an activating group) is 1. The zero-order valence-corrected chi connectivity index (χ0v) is 11.8. The van der Waals surface area contributed by atoms with E-state index < -0.39 is 6.04 Å². The Bertz CT molecular complexity index is 409. The van der Waals surface area contributed by atoms with Crippen molar-refractivity contribution in [3.8, 4) is 5.75 Å². The lowest BCUT2D eigenvalue weighted by Gasteiger charge is -2.41. The smallest absolute Gasteiger partial charge is 0.169 e. The molecule has 2 atom stereocenters. The number of rotatable bonds is 5. The van der Waals surface area contributed by atoms with Crippen LogP contribution in [0, 0.1) is 5.82 Å². The van der Waals surface area contributed by atoms with E-state index in [-0.39, 0.29) is 17.1 Å². The van der Waals surface area contributed by atoms with Crippen molar-refractivity contribution in [1.29, 1.82) is 0 Å². The van der Waals surface area contributed by atoms with Crippen molar-refractivity contribution in [1.82, 2.24) is 4.90 Å². The summed E-state index contributed by atoms with van der Waals surface area (Å²) in [5.41, 5.74) is 6.47. The Morgan fingerprint density at radius 2 is 2.06 bits per heavy atom. The zero-order valence-electron chi connectivity index (χ0n) is 11.8. The van der Waals surface area contributed by atoms with Gasteiger partial charge in [-0.2, -0.15) is 0 Å². The molecule has 0 fully saturated rings. The van der Waals surface area contributed by atoms with E-state index in [1.54, 1.807) is 18.2 Å². The predicted molar refractivity (Wildman–Crippen MR) is 72.3 cm³/mol. The first-order valence-corrected chi connectivity index (χ1v) is 6.13. The summed E-state index contributed by atoms with van der Waals surface area (Å²) >= 11 is 0. The normalized spacial score (nSPS) is 16.4. The molecule has 1 aromatic carbocycles. The van der Waals surface area contributed by atoms with Crippen LogP contribution in [0.5, 0.6) is 5.75 Å². The molecular formula is C14H23FN2O. The summed E-state index contributed by atoms with van der Waals surface area (Å²) in [4.78, 5) is 2.04. The van der Waals surface area contributed by atoms with Gasteiger partial charge in [-0.05, 0) is 33.5 Å². The summed E-state index contributed by atoms with van der Waals surface area (Å²) in [5.74, 6) is -0.130. The van der Waals surface area contributed by atoms with Crippen LogP contribution in [0.4, 0.5) is 4.39 Å². The van der Waals surface area contributed by atoms with E-state index in [0.717, 1.165) is 6.42 Å². The molecule has 18 heavy (non-hydrogen) atoms. The Kier molecular flexibility index (Phi) is 4.71. The maximum atomic E-state index is 14.2. The van der Waals surface area contributed by atoms with Gasteiger partial charge in [0.05, 0.1) is 13.2 Å². The fourth-order valence-electron chi connectivity index (χ4n) is 2.07. The standard InChI is InChI=1S/C14H23FN2O/c1-6-14(2,17(3)4)13(16)10-8-7-9-11(18-5)12(10)15/h7-9,13H,6,16H2,1-5H3. The van der Waals surface area contributed by atoms with Gasteiger partial charge in [-0.3, -0.25) is 0 Å². The Morgan fingerprint density at radius 3 is 2.50 bits per heavy atom. The molecule has 0 amide bonds. The van der Waals surface area contributed by atoms with Crippen LogP contribution in [0.2, 0.25) is 0 Å². The molecule has 102 valence electrons. The van der Waals surface area contributed by atoms with Crippen molar-refractivity contribution >= 4 is 0 Å². The molecule has 0 bridgehead atoms. The minimum Gasteiger partial charge on any atom is -0.494 e. The monoisotopic (exact) mass is 254 g/mol. The maximum Gasteiger partial charge on any atom is 0.169 e. The fourth-order valence-corrected chi connectivity index (χ4v) is 2.07. The lowest BCUT2D eigenvalue weighted by molar-refractivity contribution is 0.130. The van der Waals surface area contributed by atoms with Crippen molar-refractivity contribution in [3.05, 3.63) is 29.6 Å². The highest BCUT2D eigenvalue weighted by molar-refractivity contribution is 5.34. The lowest BCUT2D eigenvalue weighted by Crippen LogP contribution is -2.49. The molecule has 0 aliphatic carbocycles. The molecule has 3 nitrogen and oxygen atoms in total. The van der Waals surface area contributed by atoms with Crippen LogP contribution in [-0.2, 0) is 0 Å². The molecular weight excluding hydrogens is 231 g/mol. The molecule has 0 aliphatic rings. The third-order valence-corrected chi connectivity index (χ3v) is 3.96. The molecule has 0 radical (unpaired) electrons. The molecule has 0 spiro atoms. The summed E-state index contributed by atoms with van der Waals surface area (Å²) < 4.78 is 19.2. The minimum atomic E-state index is -0.410. The SMILES string of the molecule is CCC(C)(C(N)c1cccc(OC)c1F)N(C)C. The average molecular weight is 254 g/mol. The highest BCUT2D eigenvalue weighted by atomic mass is 19.1. The van der Waals surface area contributed by atoms with Crippen molar-refractivity contribution in [2.45, 2.75) is 31.8 Å². The third kappa shape index (κ3) is 2.49. The van der Waals surface area contributed by atoms with Gasteiger partial charge in [-0.15, -0.1) is 0 Å². The highest BCUT2D eigenvalue weighted by Crippen LogP contribution is 2.34. The van der Waals surface area contributed by atoms with Gasteiger partial charge in [0.15, 0.2) is 11.6 Å². The van der Waals surface area contributed by atoms with Crippen LogP contribution in [0.1, 0.15) is 31.9 Å². The van der Waals surface area contributed by atoms with E-state index in [0.29, 0.717) is 5.56 Å². The quantitative estimate of drug-likeness (QED) is 0.877. The van der Waals surface area contributed by atoms with E-state index in [9.17, 15) is 4.39 Å². The molecule has 1 aromatic rings. The first-order valence-electron chi connectivity index (χ1n) is 6.13. The summed E-state index contributed by atoms with van der Waals surface area (Å²) in [6.07, 6.45) is 0.831. The molecule has 0 aromatic heterocycles. The number of benzene rings is 1. The summed E-state index contributed by atoms with van der Waals surface area (Å²) in [6, 6.07) is 4.68. The summed E-state index contributed by atoms with van der Waals surface area (Å²) in [5, 5.41) is 0. The fraction of sp³-hybridized carbons (Fsp3) is 0.571. The number of methoxy groups -OCH3 is 1. The lowest BCUT2D eigenvalue weighted by atomic mass is 9.84. The van der Waals surface area contributed by atoms with Crippen LogP contribution in [0.15, 0.2) is 18.2 Å². The maximum absolute atomic E-state index is 14.2. The predicted octanol–water partition coefficient (Wildman–Crippen LogP) is 2.56. The number of ether oxygens (including phenoxy) is 1. The molecule has 1 rings (SSSR count). The molecule has 2 unspecified atom stereocenters. The molecule has 4 heteroatoms. The first-order chi connectivity index (χ1) is 8.38. The van der Waals surface area contributed by atoms with Crippen molar-refractivity contribution in [2.24, 2.45) is 5.73 Å². The van der Waals surface area contributed by atoms with Crippen LogP contribution < -0.4 is 10.5 Å². The van der Waals surface area contributed by atoms with Gasteiger partial charge >= 0.3 is 0 Å². The van der Waals surface area contributed by atoms with E-state index in [1.807, 2.05) is 25.9 Å². The second-order valence-electron chi connectivity index (χ2n) is 4.95. The van der Waals surface area contributed by atoms with Crippen LogP contribution in [0.3, 0.4) is 0 Å². The Hall–Kier alpha value is -1.13. The van der Waals surface area contributed by atoms with Crippen molar-refractivity contribution in [2.75, 3.05) is 21.2 Å². The van der Waals surface area contributed by atoms with Gasteiger partial charge < -0.3 is 15.4 Å². The van der Waals surface area contributed by atoms with Gasteiger partial charge in [0, 0.05) is 11.1 Å². The second kappa shape index (κ2) is 5.67. The topological polar surface area (TPSA) is 38.5 Å². The van der Waals surface area contributed by atoms with E-state index in [4.69, 9.17) is 10.5 Å². The molecule has 0 aliphatic heterocycles. The zero-order chi connectivity index (χ0) is 13.9. The van der Waals surface area contributed by atoms with E-state index in [1.165, 1.54) is 7.11 Å². The molecule has 2 N–H and O–H groups in total. The summed E-state index contributed by atoms with van der Waals surface area (Å²) in [7, 11) is 5.38. The van der Waals surface area contributed by atoms with Gasteiger partial charge in [0.2, 0.25) is 0 Å². The Labute approximate surface area is 109 Å². The number of halogens is 1. The van der Waals surface area contributed by atoms with E-state index >= 15 is 0 Å². The highest BCUT2D eigenvalue weighted by Gasteiger charge is 2.35. The number of nitrogens with zero attached hydrogens (tertiary/aromatic N) is 1. The minimum absolute atomic E-state index is 0.236. The van der Waals surface area contributed by atoms with Crippen LogP contribution >= 0.6 is 0 Å². The molecule has 0 heterocycles. The third-order valence-electron chi connectivity index (χ3n) is 3.96. The van der Waals surface area contributed by atoms with E-state index in [2.05, 4.69) is 6.92 Å². The first kappa shape index (κ1) is 14.9. The van der Waals surface area contributed by atoms with Crippen LogP contribution in [0.25, 0.3) is 0 Å². The summed E-state index contributed by atoms with van der Waals surface area (Å²) in [6.45, 7) is 4.09. The Balaban J connectivity index is 3.21. The van der Waals surface area contributed by atoms with Gasteiger partial charge in [-0.25, -0.2) is 4.39 Å². The van der Waals surface area contributed by atoms with Gasteiger partial charge in [-0.1, -0.05) is 19.1 Å². The molecule has 0 saturated carbocycles.